The fraction of sp³-hybridized carbons (Fsp3) is 0.684. The molecule has 28 heavy (non-hydrogen) atoms. The van der Waals surface area contributed by atoms with Crippen molar-refractivity contribution in [3.8, 4) is 0 Å². The number of aromatic nitrogens is 1. The molecule has 1 N–H and O–H groups in total. The van der Waals surface area contributed by atoms with Gasteiger partial charge in [-0.2, -0.15) is 4.31 Å². The summed E-state index contributed by atoms with van der Waals surface area (Å²) < 4.78 is 35.1. The summed E-state index contributed by atoms with van der Waals surface area (Å²) in [6.45, 7) is 5.72. The highest BCUT2D eigenvalue weighted by Crippen LogP contribution is 2.32. The number of esters is 1. The predicted molar refractivity (Wildman–Crippen MR) is 103 cm³/mol. The third-order valence-electron chi connectivity index (χ3n) is 5.68. The van der Waals surface area contributed by atoms with E-state index in [-0.39, 0.29) is 41.5 Å². The Labute approximate surface area is 166 Å². The van der Waals surface area contributed by atoms with Gasteiger partial charge in [-0.05, 0) is 46.5 Å². The lowest BCUT2D eigenvalue weighted by atomic mass is 9.99. The van der Waals surface area contributed by atoms with E-state index in [1.54, 1.807) is 32.4 Å². The van der Waals surface area contributed by atoms with Gasteiger partial charge in [0.15, 0.2) is 0 Å². The number of sulfonamides is 1. The SMILES string of the molecule is CCOC(=O)c1c(S(=O)(=O)N2CCC[C@@H](C(=O)NC3CC3)C2)c(C)n(C)c1C. The Morgan fingerprint density at radius 2 is 1.86 bits per heavy atom. The first-order valence-electron chi connectivity index (χ1n) is 9.82. The molecular formula is C19H29N3O5S. The average Bonchev–Trinajstić information content (AvgIpc) is 3.44. The summed E-state index contributed by atoms with van der Waals surface area (Å²) in [5, 5.41) is 2.97. The summed E-state index contributed by atoms with van der Waals surface area (Å²) in [6, 6.07) is 0.244. The van der Waals surface area contributed by atoms with Crippen molar-refractivity contribution in [3.05, 3.63) is 17.0 Å². The van der Waals surface area contributed by atoms with Crippen LogP contribution in [0.15, 0.2) is 4.90 Å². The highest BCUT2D eigenvalue weighted by Gasteiger charge is 2.39. The zero-order chi connectivity index (χ0) is 20.6. The molecule has 1 saturated heterocycles. The number of piperidine rings is 1. The third-order valence-corrected chi connectivity index (χ3v) is 7.71. The molecule has 1 aromatic heterocycles. The predicted octanol–water partition coefficient (Wildman–Crippen LogP) is 1.50. The average molecular weight is 412 g/mol. The topological polar surface area (TPSA) is 97.7 Å². The van der Waals surface area contributed by atoms with E-state index in [2.05, 4.69) is 5.32 Å². The second kappa shape index (κ2) is 7.87. The second-order valence-electron chi connectivity index (χ2n) is 7.64. The standard InChI is InChI=1S/C19H29N3O5S/c1-5-27-19(24)16-12(2)21(4)13(3)17(16)28(25,26)22-10-6-7-14(11-22)18(23)20-15-8-9-15/h14-15H,5-11H2,1-4H3,(H,20,23)/t14-/m1/s1. The van der Waals surface area contributed by atoms with Crippen molar-refractivity contribution >= 4 is 21.9 Å². The van der Waals surface area contributed by atoms with Gasteiger partial charge in [0, 0.05) is 37.6 Å². The summed E-state index contributed by atoms with van der Waals surface area (Å²) >= 11 is 0. The lowest BCUT2D eigenvalue weighted by molar-refractivity contribution is -0.126. The monoisotopic (exact) mass is 411 g/mol. The van der Waals surface area contributed by atoms with Crippen LogP contribution in [0.25, 0.3) is 0 Å². The fourth-order valence-electron chi connectivity index (χ4n) is 3.73. The number of amides is 1. The van der Waals surface area contributed by atoms with Crippen molar-refractivity contribution in [2.45, 2.75) is 57.4 Å². The van der Waals surface area contributed by atoms with Gasteiger partial charge in [0.2, 0.25) is 15.9 Å². The van der Waals surface area contributed by atoms with Crippen LogP contribution in [-0.4, -0.2) is 54.9 Å². The maximum Gasteiger partial charge on any atom is 0.341 e. The first-order valence-corrected chi connectivity index (χ1v) is 11.3. The lowest BCUT2D eigenvalue weighted by Gasteiger charge is -2.31. The first-order chi connectivity index (χ1) is 13.2. The van der Waals surface area contributed by atoms with E-state index < -0.39 is 16.0 Å². The van der Waals surface area contributed by atoms with Crippen molar-refractivity contribution in [1.82, 2.24) is 14.2 Å². The van der Waals surface area contributed by atoms with Gasteiger partial charge in [-0.3, -0.25) is 4.79 Å². The van der Waals surface area contributed by atoms with Crippen LogP contribution >= 0.6 is 0 Å². The summed E-state index contributed by atoms with van der Waals surface area (Å²) in [6.07, 6.45) is 3.27. The Morgan fingerprint density at radius 3 is 2.46 bits per heavy atom. The maximum absolute atomic E-state index is 13.5. The zero-order valence-electron chi connectivity index (χ0n) is 16.9. The maximum atomic E-state index is 13.5. The Bertz CT molecular complexity index is 886. The van der Waals surface area contributed by atoms with Gasteiger partial charge in [-0.1, -0.05) is 0 Å². The van der Waals surface area contributed by atoms with E-state index >= 15 is 0 Å². The Balaban J connectivity index is 1.92. The molecule has 1 amide bonds. The molecule has 0 spiro atoms. The van der Waals surface area contributed by atoms with Crippen LogP contribution < -0.4 is 5.32 Å². The number of carbonyl (C=O) groups excluding carboxylic acids is 2. The normalized spacial score (nSPS) is 20.8. The molecule has 2 aliphatic rings. The first kappa shape index (κ1) is 20.9. The third kappa shape index (κ3) is 3.82. The van der Waals surface area contributed by atoms with Crippen molar-refractivity contribution in [3.63, 3.8) is 0 Å². The molecule has 1 saturated carbocycles. The van der Waals surface area contributed by atoms with Gasteiger partial charge in [0.1, 0.15) is 10.5 Å². The van der Waals surface area contributed by atoms with Gasteiger partial charge in [-0.25, -0.2) is 13.2 Å². The molecule has 0 aromatic carbocycles. The van der Waals surface area contributed by atoms with E-state index in [4.69, 9.17) is 4.74 Å². The van der Waals surface area contributed by atoms with Crippen LogP contribution in [0.2, 0.25) is 0 Å². The molecule has 1 aliphatic carbocycles. The molecule has 2 heterocycles. The van der Waals surface area contributed by atoms with Gasteiger partial charge in [-0.15, -0.1) is 0 Å². The molecule has 1 atom stereocenters. The number of nitrogens with one attached hydrogen (secondary N) is 1. The van der Waals surface area contributed by atoms with E-state index in [0.717, 1.165) is 12.8 Å². The minimum Gasteiger partial charge on any atom is -0.462 e. The second-order valence-corrected chi connectivity index (χ2v) is 9.51. The van der Waals surface area contributed by atoms with Gasteiger partial charge in [0.25, 0.3) is 0 Å². The van der Waals surface area contributed by atoms with Crippen LogP contribution in [0.3, 0.4) is 0 Å². The number of nitrogens with zero attached hydrogens (tertiary/aromatic N) is 2. The Hall–Kier alpha value is -1.87. The quantitative estimate of drug-likeness (QED) is 0.716. The molecule has 3 rings (SSSR count). The number of carbonyl (C=O) groups is 2. The highest BCUT2D eigenvalue weighted by atomic mass is 32.2. The molecular weight excluding hydrogens is 382 g/mol. The van der Waals surface area contributed by atoms with Crippen LogP contribution in [-0.2, 0) is 26.6 Å². The van der Waals surface area contributed by atoms with Crippen LogP contribution in [0.1, 0.15) is 54.4 Å². The molecule has 0 radical (unpaired) electrons. The van der Waals surface area contributed by atoms with Gasteiger partial charge in [0.05, 0.1) is 12.5 Å². The van der Waals surface area contributed by atoms with Crippen molar-refractivity contribution < 1.29 is 22.7 Å². The molecule has 0 bridgehead atoms. The van der Waals surface area contributed by atoms with Gasteiger partial charge < -0.3 is 14.6 Å². The summed E-state index contributed by atoms with van der Waals surface area (Å²) in [5.74, 6) is -1.07. The molecule has 9 heteroatoms. The smallest absolute Gasteiger partial charge is 0.341 e. The number of rotatable bonds is 6. The molecule has 156 valence electrons. The number of hydrogen-bond acceptors (Lipinski definition) is 5. The zero-order valence-corrected chi connectivity index (χ0v) is 17.8. The highest BCUT2D eigenvalue weighted by molar-refractivity contribution is 7.89. The molecule has 0 unspecified atom stereocenters. The van der Waals surface area contributed by atoms with Crippen molar-refractivity contribution in [2.24, 2.45) is 13.0 Å². The number of ether oxygens (including phenoxy) is 1. The summed E-state index contributed by atoms with van der Waals surface area (Å²) in [7, 11) is -2.21. The lowest BCUT2D eigenvalue weighted by Crippen LogP contribution is -2.46. The largest absolute Gasteiger partial charge is 0.462 e. The van der Waals surface area contributed by atoms with E-state index in [1.807, 2.05) is 0 Å². The minimum absolute atomic E-state index is 0.00537. The van der Waals surface area contributed by atoms with Crippen LogP contribution in [0.4, 0.5) is 0 Å². The molecule has 1 aliphatic heterocycles. The van der Waals surface area contributed by atoms with E-state index in [0.29, 0.717) is 30.8 Å². The molecule has 8 nitrogen and oxygen atoms in total. The van der Waals surface area contributed by atoms with Crippen LogP contribution in [0.5, 0.6) is 0 Å². The molecule has 1 aromatic rings. The summed E-state index contributed by atoms with van der Waals surface area (Å²) in [4.78, 5) is 24.9. The van der Waals surface area contributed by atoms with Crippen molar-refractivity contribution in [1.29, 1.82) is 0 Å². The van der Waals surface area contributed by atoms with Gasteiger partial charge >= 0.3 is 5.97 Å². The fourth-order valence-corrected chi connectivity index (χ4v) is 5.73. The summed E-state index contributed by atoms with van der Waals surface area (Å²) in [5.41, 5.74) is 1.13. The van der Waals surface area contributed by atoms with Crippen molar-refractivity contribution in [2.75, 3.05) is 19.7 Å². The minimum atomic E-state index is -3.94. The Kier molecular flexibility index (Phi) is 5.86. The molecule has 2 fully saturated rings. The van der Waals surface area contributed by atoms with Crippen LogP contribution in [0, 0.1) is 19.8 Å². The van der Waals surface area contributed by atoms with E-state index in [9.17, 15) is 18.0 Å². The Morgan fingerprint density at radius 1 is 1.18 bits per heavy atom. The number of hydrogen-bond donors (Lipinski definition) is 1. The van der Waals surface area contributed by atoms with E-state index in [1.165, 1.54) is 4.31 Å².